The maximum atomic E-state index is 11.4. The molecule has 0 fully saturated rings. The monoisotopic (exact) mass is 240 g/mol. The molecule has 0 spiro atoms. The first kappa shape index (κ1) is 13.4. The number of aliphatic hydroxyl groups excluding tert-OH is 1. The summed E-state index contributed by atoms with van der Waals surface area (Å²) in [7, 11) is 1.28. The van der Waals surface area contributed by atoms with Crippen molar-refractivity contribution in [3.05, 3.63) is 23.9 Å². The lowest BCUT2D eigenvalue weighted by molar-refractivity contribution is 0.0131. The molecule has 0 bridgehead atoms. The van der Waals surface area contributed by atoms with Crippen LogP contribution < -0.4 is 5.32 Å². The molecule has 0 saturated carbocycles. The number of aliphatic hydroxyl groups is 2. The van der Waals surface area contributed by atoms with Crippen LogP contribution in [0.4, 0.5) is 5.82 Å². The predicted molar refractivity (Wildman–Crippen MR) is 61.8 cm³/mol. The fourth-order valence-corrected chi connectivity index (χ4v) is 1.15. The highest BCUT2D eigenvalue weighted by Crippen LogP contribution is 2.14. The summed E-state index contributed by atoms with van der Waals surface area (Å²) in [5, 5.41) is 21.3. The van der Waals surface area contributed by atoms with Gasteiger partial charge in [0.15, 0.2) is 0 Å². The van der Waals surface area contributed by atoms with Crippen molar-refractivity contribution in [3.63, 3.8) is 0 Å². The first-order chi connectivity index (χ1) is 8.00. The maximum absolute atomic E-state index is 11.4. The van der Waals surface area contributed by atoms with Crippen molar-refractivity contribution in [1.29, 1.82) is 0 Å². The normalized spacial score (nSPS) is 13.9. The van der Waals surface area contributed by atoms with E-state index in [0.717, 1.165) is 0 Å². The topological polar surface area (TPSA) is 91.7 Å². The quantitative estimate of drug-likeness (QED) is 0.629. The Bertz CT molecular complexity index is 393. The van der Waals surface area contributed by atoms with Crippen LogP contribution >= 0.6 is 0 Å². The minimum atomic E-state index is -1.27. The second-order valence-electron chi connectivity index (χ2n) is 3.90. The average molecular weight is 240 g/mol. The van der Waals surface area contributed by atoms with E-state index in [1.807, 2.05) is 0 Å². The number of nitrogens with zero attached hydrogens (tertiary/aromatic N) is 1. The van der Waals surface area contributed by atoms with Gasteiger partial charge in [-0.1, -0.05) is 0 Å². The second kappa shape index (κ2) is 5.60. The Kier molecular flexibility index (Phi) is 4.42. The number of hydrogen-bond acceptors (Lipinski definition) is 6. The second-order valence-corrected chi connectivity index (χ2v) is 3.90. The van der Waals surface area contributed by atoms with Gasteiger partial charge in [-0.25, -0.2) is 9.78 Å². The minimum Gasteiger partial charge on any atom is -0.465 e. The molecule has 0 aromatic carbocycles. The van der Waals surface area contributed by atoms with Crippen molar-refractivity contribution in [1.82, 2.24) is 4.98 Å². The third-order valence-electron chi connectivity index (χ3n) is 2.19. The number of ether oxygens (including phenoxy) is 1. The average Bonchev–Trinajstić information content (AvgIpc) is 2.36. The van der Waals surface area contributed by atoms with Crippen LogP contribution in [0.2, 0.25) is 0 Å². The summed E-state index contributed by atoms with van der Waals surface area (Å²) < 4.78 is 4.60. The van der Waals surface area contributed by atoms with Crippen LogP contribution in [0.1, 0.15) is 17.3 Å². The fourth-order valence-electron chi connectivity index (χ4n) is 1.15. The summed E-state index contributed by atoms with van der Waals surface area (Å²) in [6.07, 6.45) is 1.52. The molecule has 6 nitrogen and oxygen atoms in total. The van der Waals surface area contributed by atoms with E-state index in [1.54, 1.807) is 12.1 Å². The summed E-state index contributed by atoms with van der Waals surface area (Å²) in [4.78, 5) is 15.4. The number of methoxy groups -OCH3 is 1. The lowest BCUT2D eigenvalue weighted by atomic mass is 10.1. The Morgan fingerprint density at radius 2 is 2.35 bits per heavy atom. The number of carbonyl (C=O) groups is 1. The molecular weight excluding hydrogens is 224 g/mol. The molecule has 3 N–H and O–H groups in total. The van der Waals surface area contributed by atoms with E-state index < -0.39 is 11.6 Å². The predicted octanol–water partition coefficient (Wildman–Crippen LogP) is 0.0234. The molecule has 1 aromatic heterocycles. The number of anilines is 1. The van der Waals surface area contributed by atoms with Crippen LogP contribution in [-0.2, 0) is 4.74 Å². The van der Waals surface area contributed by atoms with Crippen molar-refractivity contribution < 1.29 is 19.7 Å². The van der Waals surface area contributed by atoms with Gasteiger partial charge in [0, 0.05) is 12.7 Å². The molecule has 6 heteroatoms. The number of hydrogen-bond donors (Lipinski definition) is 3. The van der Waals surface area contributed by atoms with E-state index in [0.29, 0.717) is 5.82 Å². The number of aromatic nitrogens is 1. The molecule has 1 unspecified atom stereocenters. The molecule has 17 heavy (non-hydrogen) atoms. The van der Waals surface area contributed by atoms with Gasteiger partial charge in [-0.15, -0.1) is 0 Å². The van der Waals surface area contributed by atoms with Crippen LogP contribution in [0.25, 0.3) is 0 Å². The Labute approximate surface area is 99.3 Å². The fraction of sp³-hybridized carbons (Fsp3) is 0.455. The van der Waals surface area contributed by atoms with Crippen LogP contribution in [0, 0.1) is 0 Å². The first-order valence-corrected chi connectivity index (χ1v) is 5.10. The standard InChI is InChI=1S/C11H16N2O4/c1-11(16,7-14)6-13-9-8(10(15)17-2)4-3-5-12-9/h3-5,14,16H,6-7H2,1-2H3,(H,12,13). The van der Waals surface area contributed by atoms with Gasteiger partial charge >= 0.3 is 5.97 Å². The van der Waals surface area contributed by atoms with Gasteiger partial charge < -0.3 is 20.3 Å². The third kappa shape index (κ3) is 3.69. The van der Waals surface area contributed by atoms with Gasteiger partial charge in [0.2, 0.25) is 0 Å². The molecule has 1 atom stereocenters. The van der Waals surface area contributed by atoms with Gasteiger partial charge in [-0.05, 0) is 19.1 Å². The highest BCUT2D eigenvalue weighted by molar-refractivity contribution is 5.94. The van der Waals surface area contributed by atoms with E-state index in [9.17, 15) is 9.90 Å². The Morgan fingerprint density at radius 1 is 1.65 bits per heavy atom. The molecule has 94 valence electrons. The molecule has 0 radical (unpaired) electrons. The summed E-state index contributed by atoms with van der Waals surface area (Å²) in [5.74, 6) is -0.197. The molecule has 1 heterocycles. The van der Waals surface area contributed by atoms with Crippen LogP contribution in [0.3, 0.4) is 0 Å². The zero-order chi connectivity index (χ0) is 12.9. The van der Waals surface area contributed by atoms with E-state index >= 15 is 0 Å². The zero-order valence-electron chi connectivity index (χ0n) is 9.80. The van der Waals surface area contributed by atoms with Crippen LogP contribution in [0.5, 0.6) is 0 Å². The van der Waals surface area contributed by atoms with Gasteiger partial charge in [-0.2, -0.15) is 0 Å². The van der Waals surface area contributed by atoms with E-state index in [4.69, 9.17) is 5.11 Å². The highest BCUT2D eigenvalue weighted by atomic mass is 16.5. The van der Waals surface area contributed by atoms with Crippen molar-refractivity contribution in [2.75, 3.05) is 25.6 Å². The third-order valence-corrected chi connectivity index (χ3v) is 2.19. The number of nitrogens with one attached hydrogen (secondary N) is 1. The first-order valence-electron chi connectivity index (χ1n) is 5.10. The largest absolute Gasteiger partial charge is 0.465 e. The molecule has 1 rings (SSSR count). The molecule has 0 aliphatic heterocycles. The lowest BCUT2D eigenvalue weighted by Crippen LogP contribution is -2.37. The van der Waals surface area contributed by atoms with Crippen molar-refractivity contribution in [3.8, 4) is 0 Å². The van der Waals surface area contributed by atoms with Crippen LogP contribution in [-0.4, -0.2) is 47.0 Å². The number of pyridine rings is 1. The van der Waals surface area contributed by atoms with Gasteiger partial charge in [0.25, 0.3) is 0 Å². The summed E-state index contributed by atoms with van der Waals surface area (Å²) in [5.41, 5.74) is -0.992. The molecule has 0 aliphatic rings. The van der Waals surface area contributed by atoms with E-state index in [1.165, 1.54) is 20.2 Å². The number of esters is 1. The highest BCUT2D eigenvalue weighted by Gasteiger charge is 2.20. The minimum absolute atomic E-state index is 0.0739. The number of carbonyl (C=O) groups excluding carboxylic acids is 1. The molecule has 1 aromatic rings. The summed E-state index contributed by atoms with van der Waals surface area (Å²) in [6.45, 7) is 1.16. The maximum Gasteiger partial charge on any atom is 0.341 e. The SMILES string of the molecule is COC(=O)c1cccnc1NCC(C)(O)CO. The Balaban J connectivity index is 2.81. The van der Waals surface area contributed by atoms with Crippen molar-refractivity contribution in [2.45, 2.75) is 12.5 Å². The zero-order valence-corrected chi connectivity index (χ0v) is 9.80. The number of rotatable bonds is 5. The van der Waals surface area contributed by atoms with Gasteiger partial charge in [-0.3, -0.25) is 0 Å². The van der Waals surface area contributed by atoms with Gasteiger partial charge in [0.1, 0.15) is 17.0 Å². The van der Waals surface area contributed by atoms with Crippen LogP contribution in [0.15, 0.2) is 18.3 Å². The summed E-state index contributed by atoms with van der Waals surface area (Å²) >= 11 is 0. The molecule has 0 aliphatic carbocycles. The smallest absolute Gasteiger partial charge is 0.341 e. The molecule has 0 amide bonds. The van der Waals surface area contributed by atoms with Gasteiger partial charge in [0.05, 0.1) is 13.7 Å². The van der Waals surface area contributed by atoms with Crippen molar-refractivity contribution >= 4 is 11.8 Å². The Hall–Kier alpha value is -1.66. The molecular formula is C11H16N2O4. The Morgan fingerprint density at radius 3 is 2.94 bits per heavy atom. The van der Waals surface area contributed by atoms with Crippen molar-refractivity contribution in [2.24, 2.45) is 0 Å². The molecule has 0 saturated heterocycles. The van der Waals surface area contributed by atoms with E-state index in [-0.39, 0.29) is 18.7 Å². The lowest BCUT2D eigenvalue weighted by Gasteiger charge is -2.21. The van der Waals surface area contributed by atoms with E-state index in [2.05, 4.69) is 15.0 Å². The summed E-state index contributed by atoms with van der Waals surface area (Å²) in [6, 6.07) is 3.18.